The van der Waals surface area contributed by atoms with Gasteiger partial charge in [0.05, 0.1) is 36.9 Å². The van der Waals surface area contributed by atoms with E-state index in [1.165, 1.54) is 11.1 Å². The SMILES string of the molecule is C.CC(O)CC(C)O.[C-]#[N+]c1cc(CC(C)C)c(-n2c(-c3[c-]cccc3)nnc2-c2ccccc2C)c(CC(C)C)c1.[C-]#[N+]c1cc(CC(C)C)c(-n2c(-c3ccccc3)nnc2-c2ccccc2C)c(CC(C)C)c1.[Ir].[Ir]. The fourth-order valence-electron chi connectivity index (χ4n) is 9.53. The molecular weight excluding hydrogens is 1320 g/mol. The maximum absolute atomic E-state index is 8.56. The molecule has 0 saturated heterocycles. The minimum Gasteiger partial charge on any atom is -0.393 e. The molecule has 8 aromatic rings. The zero-order valence-electron chi connectivity index (χ0n) is 46.8. The van der Waals surface area contributed by atoms with Crippen LogP contribution in [0.4, 0.5) is 11.4 Å². The first-order valence-corrected chi connectivity index (χ1v) is 26.4. The molecule has 0 fully saturated rings. The van der Waals surface area contributed by atoms with E-state index in [4.69, 9.17) is 38.7 Å². The van der Waals surface area contributed by atoms with Crippen LogP contribution in [0.3, 0.4) is 0 Å². The standard InChI is InChI=1S/C30H32N4.C30H31N4.C5H12O2.CH4.2Ir/c2*1-20(2)16-24-18-26(31-6)19-25(17-21(3)4)28(24)34-29(23-13-8-7-9-14-23)32-33-30(34)27-15-11-10-12-22(27)5;1-4(6)3-5(2)7;;;/h7-15,18-21H,16-17H2,1-5H3;7-13,15,18-21H,16-17H2,1-5H3;4-7H,3H2,1-2H3;1H4;;/q;-1;;;;. The van der Waals surface area contributed by atoms with Crippen LogP contribution in [0, 0.1) is 56.7 Å². The number of rotatable bonds is 16. The van der Waals surface area contributed by atoms with E-state index in [1.54, 1.807) is 13.8 Å². The van der Waals surface area contributed by atoms with Crippen LogP contribution in [0.1, 0.15) is 116 Å². The number of aryl methyl sites for hydroxylation is 2. The van der Waals surface area contributed by atoms with Gasteiger partial charge in [-0.1, -0.05) is 166 Å². The van der Waals surface area contributed by atoms with E-state index in [2.05, 4.69) is 160 Å². The quantitative estimate of drug-likeness (QED) is 0.0933. The van der Waals surface area contributed by atoms with E-state index in [-0.39, 0.29) is 59.8 Å². The van der Waals surface area contributed by atoms with Crippen molar-refractivity contribution in [2.24, 2.45) is 23.7 Å². The molecule has 2 heterocycles. The van der Waals surface area contributed by atoms with Gasteiger partial charge in [0, 0.05) is 62.6 Å². The van der Waals surface area contributed by atoms with Gasteiger partial charge < -0.3 is 14.8 Å². The van der Waals surface area contributed by atoms with Gasteiger partial charge in [0.15, 0.2) is 28.8 Å². The number of benzene rings is 6. The topological polar surface area (TPSA) is 111 Å². The van der Waals surface area contributed by atoms with Gasteiger partial charge in [0.25, 0.3) is 0 Å². The van der Waals surface area contributed by atoms with Crippen molar-refractivity contribution in [2.75, 3.05) is 0 Å². The largest absolute Gasteiger partial charge is 0.393 e. The number of aliphatic hydroxyl groups excluding tert-OH is 2. The predicted octanol–water partition coefficient (Wildman–Crippen LogP) is 16.3. The summed E-state index contributed by atoms with van der Waals surface area (Å²) >= 11 is 0. The van der Waals surface area contributed by atoms with E-state index in [0.717, 1.165) is 105 Å². The average Bonchev–Trinajstić information content (AvgIpc) is 4.04. The Morgan fingerprint density at radius 2 is 0.821 bits per heavy atom. The smallest absolute Gasteiger partial charge is 0.187 e. The summed E-state index contributed by atoms with van der Waals surface area (Å²) in [6.07, 6.45) is 3.22. The van der Waals surface area contributed by atoms with E-state index in [0.29, 0.717) is 41.5 Å². The van der Waals surface area contributed by atoms with E-state index in [1.807, 2.05) is 66.7 Å². The Morgan fingerprint density at radius 1 is 0.474 bits per heavy atom. The molecule has 10 nitrogen and oxygen atoms in total. The van der Waals surface area contributed by atoms with Crippen LogP contribution in [0.15, 0.2) is 127 Å². The number of nitrogens with zero attached hydrogens (tertiary/aromatic N) is 8. The molecule has 0 amide bonds. The first kappa shape index (κ1) is 66.1. The summed E-state index contributed by atoms with van der Waals surface area (Å²) in [5.74, 6) is 5.02. The third kappa shape index (κ3) is 17.4. The van der Waals surface area contributed by atoms with Crippen LogP contribution < -0.4 is 0 Å². The van der Waals surface area contributed by atoms with E-state index in [9.17, 15) is 0 Å². The van der Waals surface area contributed by atoms with Gasteiger partial charge in [-0.3, -0.25) is 4.57 Å². The molecule has 6 aromatic carbocycles. The summed E-state index contributed by atoms with van der Waals surface area (Å²) in [6.45, 7) is 40.8. The van der Waals surface area contributed by atoms with Gasteiger partial charge in [-0.2, -0.15) is 5.10 Å². The Kier molecular flexibility index (Phi) is 26.6. The maximum atomic E-state index is 8.56. The van der Waals surface area contributed by atoms with Crippen LogP contribution in [0.25, 0.3) is 66.6 Å². The van der Waals surface area contributed by atoms with Gasteiger partial charge in [-0.25, -0.2) is 9.69 Å². The van der Waals surface area contributed by atoms with E-state index < -0.39 is 0 Å². The number of aliphatic hydroxyl groups is 2. The molecule has 0 spiro atoms. The zero-order valence-corrected chi connectivity index (χ0v) is 51.6. The van der Waals surface area contributed by atoms with Crippen molar-refractivity contribution in [3.8, 4) is 56.9 Å². The second-order valence-electron chi connectivity index (χ2n) is 21.4. The number of hydrogen-bond donors (Lipinski definition) is 2. The Bertz CT molecular complexity index is 2940. The van der Waals surface area contributed by atoms with Crippen molar-refractivity contribution in [1.29, 1.82) is 0 Å². The molecule has 0 aliphatic carbocycles. The Morgan fingerprint density at radius 3 is 1.15 bits per heavy atom. The van der Waals surface area contributed by atoms with Gasteiger partial charge in [-0.15, -0.1) is 51.2 Å². The third-order valence-electron chi connectivity index (χ3n) is 12.5. The molecule has 2 radical (unpaired) electrons. The van der Waals surface area contributed by atoms with Crippen LogP contribution in [0.2, 0.25) is 0 Å². The fourth-order valence-corrected chi connectivity index (χ4v) is 9.53. The van der Waals surface area contributed by atoms with E-state index >= 15 is 0 Å². The Balaban J connectivity index is 0.000000353. The summed E-state index contributed by atoms with van der Waals surface area (Å²) in [6, 6.07) is 46.4. The normalized spacial score (nSPS) is 11.5. The molecular formula is C66H79Ir2N8O2-. The van der Waals surface area contributed by atoms with Crippen LogP contribution in [-0.4, -0.2) is 51.9 Å². The molecule has 0 bridgehead atoms. The molecule has 2 N–H and O–H groups in total. The molecule has 0 saturated carbocycles. The van der Waals surface area contributed by atoms with Crippen molar-refractivity contribution < 1.29 is 50.4 Å². The molecule has 2 unspecified atom stereocenters. The van der Waals surface area contributed by atoms with Crippen molar-refractivity contribution in [3.63, 3.8) is 0 Å². The monoisotopic (exact) mass is 1400 g/mol. The maximum Gasteiger partial charge on any atom is 0.187 e. The summed E-state index contributed by atoms with van der Waals surface area (Å²) in [5, 5.41) is 36.0. The summed E-state index contributed by atoms with van der Waals surface area (Å²) in [5.41, 5.74) is 14.6. The summed E-state index contributed by atoms with van der Waals surface area (Å²) < 4.78 is 4.44. The van der Waals surface area contributed by atoms with Crippen molar-refractivity contribution in [2.45, 2.75) is 135 Å². The van der Waals surface area contributed by atoms with Crippen LogP contribution >= 0.6 is 0 Å². The van der Waals surface area contributed by atoms with Crippen molar-refractivity contribution in [1.82, 2.24) is 29.5 Å². The molecule has 0 aliphatic heterocycles. The van der Waals surface area contributed by atoms with Gasteiger partial charge >= 0.3 is 0 Å². The molecule has 2 atom stereocenters. The van der Waals surface area contributed by atoms with Crippen molar-refractivity contribution >= 4 is 11.4 Å². The Hall–Kier alpha value is -6.20. The number of aromatic nitrogens is 6. The van der Waals surface area contributed by atoms with Gasteiger partial charge in [-0.05, 0) is 117 Å². The predicted molar refractivity (Wildman–Crippen MR) is 314 cm³/mol. The average molecular weight is 1400 g/mol. The first-order valence-electron chi connectivity index (χ1n) is 26.4. The second-order valence-corrected chi connectivity index (χ2v) is 21.4. The number of hydrogen-bond acceptors (Lipinski definition) is 6. The minimum atomic E-state index is -0.375. The molecule has 78 heavy (non-hydrogen) atoms. The Labute approximate surface area is 493 Å². The van der Waals surface area contributed by atoms with Crippen LogP contribution in [0.5, 0.6) is 0 Å². The van der Waals surface area contributed by atoms with Gasteiger partial charge in [0.1, 0.15) is 0 Å². The van der Waals surface area contributed by atoms with Gasteiger partial charge in [0.2, 0.25) is 0 Å². The summed E-state index contributed by atoms with van der Waals surface area (Å²) in [4.78, 5) is 7.62. The third-order valence-corrected chi connectivity index (χ3v) is 12.5. The molecule has 414 valence electrons. The fraction of sp³-hybridized carbons (Fsp3) is 0.364. The molecule has 8 rings (SSSR count). The molecule has 2 aromatic heterocycles. The summed E-state index contributed by atoms with van der Waals surface area (Å²) in [7, 11) is 0. The zero-order chi connectivity index (χ0) is 54.3. The molecule has 12 heteroatoms. The first-order chi connectivity index (χ1) is 35.9. The second kappa shape index (κ2) is 31.4. The van der Waals surface area contributed by atoms with Crippen molar-refractivity contribution in [3.05, 3.63) is 190 Å². The minimum absolute atomic E-state index is 0. The van der Waals surface area contributed by atoms with Crippen LogP contribution in [-0.2, 0) is 65.9 Å². The molecule has 0 aliphatic rings.